The van der Waals surface area contributed by atoms with E-state index in [-0.39, 0.29) is 22.4 Å². The predicted octanol–water partition coefficient (Wildman–Crippen LogP) is 2.30. The van der Waals surface area contributed by atoms with E-state index in [1.54, 1.807) is 18.2 Å². The molecule has 0 saturated heterocycles. The third-order valence-corrected chi connectivity index (χ3v) is 2.67. The summed E-state index contributed by atoms with van der Waals surface area (Å²) in [4.78, 5) is 34.1. The minimum Gasteiger partial charge on any atom is -0.478 e. The number of esters is 1. The molecule has 106 valence electrons. The van der Waals surface area contributed by atoms with Gasteiger partial charge in [0, 0.05) is 0 Å². The summed E-state index contributed by atoms with van der Waals surface area (Å²) in [7, 11) is 0. The molecule has 0 aliphatic heterocycles. The number of carbonyl (C=O) groups excluding carboxylic acids is 1. The molecule has 21 heavy (non-hydrogen) atoms. The molecular formula is C15H10O6. The first-order chi connectivity index (χ1) is 9.99. The number of carbonyl (C=O) groups is 3. The second kappa shape index (κ2) is 5.87. The van der Waals surface area contributed by atoms with Crippen molar-refractivity contribution in [2.24, 2.45) is 0 Å². The lowest BCUT2D eigenvalue weighted by Gasteiger charge is -2.07. The summed E-state index contributed by atoms with van der Waals surface area (Å²) in [6.07, 6.45) is 0. The Bertz CT molecular complexity index is 705. The number of carboxylic acids is 2. The van der Waals surface area contributed by atoms with Gasteiger partial charge >= 0.3 is 17.9 Å². The molecule has 0 aliphatic carbocycles. The highest BCUT2D eigenvalue weighted by molar-refractivity contribution is 6.05. The van der Waals surface area contributed by atoms with Gasteiger partial charge in [0.25, 0.3) is 0 Å². The number of hydrogen-bond donors (Lipinski definition) is 2. The molecule has 6 heteroatoms. The van der Waals surface area contributed by atoms with E-state index in [2.05, 4.69) is 0 Å². The second-order valence-electron chi connectivity index (χ2n) is 4.07. The summed E-state index contributed by atoms with van der Waals surface area (Å²) in [6.45, 7) is 0. The Hall–Kier alpha value is -3.15. The molecule has 0 heterocycles. The van der Waals surface area contributed by atoms with Gasteiger partial charge in [-0.1, -0.05) is 18.2 Å². The van der Waals surface area contributed by atoms with Crippen LogP contribution in [0.3, 0.4) is 0 Å². The van der Waals surface area contributed by atoms with E-state index in [1.165, 1.54) is 12.1 Å². The number of rotatable bonds is 4. The third-order valence-electron chi connectivity index (χ3n) is 2.67. The second-order valence-corrected chi connectivity index (χ2v) is 4.07. The third kappa shape index (κ3) is 3.24. The van der Waals surface area contributed by atoms with Gasteiger partial charge in [-0.05, 0) is 30.3 Å². The molecule has 0 amide bonds. The minimum absolute atomic E-state index is 0.194. The van der Waals surface area contributed by atoms with Crippen LogP contribution < -0.4 is 4.74 Å². The number of hydrogen-bond acceptors (Lipinski definition) is 4. The summed E-state index contributed by atoms with van der Waals surface area (Å²) in [5.41, 5.74) is -0.827. The van der Waals surface area contributed by atoms with Crippen LogP contribution in [0.2, 0.25) is 0 Å². The number of para-hydroxylation sites is 1. The fraction of sp³-hybridized carbons (Fsp3) is 0. The molecule has 0 saturated carbocycles. The van der Waals surface area contributed by atoms with Gasteiger partial charge < -0.3 is 14.9 Å². The van der Waals surface area contributed by atoms with E-state index in [4.69, 9.17) is 14.9 Å². The number of carboxylic acid groups (broad SMARTS) is 2. The fourth-order valence-corrected chi connectivity index (χ4v) is 1.68. The van der Waals surface area contributed by atoms with Crippen molar-refractivity contribution in [3.05, 3.63) is 65.2 Å². The van der Waals surface area contributed by atoms with Gasteiger partial charge in [-0.2, -0.15) is 0 Å². The summed E-state index contributed by atoms with van der Waals surface area (Å²) in [6, 6.07) is 11.2. The standard InChI is InChI=1S/C15H10O6/c16-13(17)9-6-7-11(14(18)19)12(8-9)15(20)21-10-4-2-1-3-5-10/h1-8H,(H,16,17)(H,18,19). The van der Waals surface area contributed by atoms with Gasteiger partial charge in [0.1, 0.15) is 5.75 Å². The molecule has 0 aliphatic rings. The van der Waals surface area contributed by atoms with Gasteiger partial charge in [-0.3, -0.25) is 0 Å². The number of benzene rings is 2. The van der Waals surface area contributed by atoms with Crippen molar-refractivity contribution in [3.63, 3.8) is 0 Å². The molecule has 2 aromatic carbocycles. The maximum atomic E-state index is 12.0. The van der Waals surface area contributed by atoms with E-state index in [0.29, 0.717) is 0 Å². The lowest BCUT2D eigenvalue weighted by Crippen LogP contribution is -2.15. The van der Waals surface area contributed by atoms with Crippen molar-refractivity contribution in [2.75, 3.05) is 0 Å². The van der Waals surface area contributed by atoms with Crippen molar-refractivity contribution < 1.29 is 29.3 Å². The zero-order valence-electron chi connectivity index (χ0n) is 10.6. The maximum Gasteiger partial charge on any atom is 0.344 e. The average molecular weight is 286 g/mol. The van der Waals surface area contributed by atoms with E-state index < -0.39 is 17.9 Å². The van der Waals surface area contributed by atoms with E-state index in [9.17, 15) is 14.4 Å². The molecular weight excluding hydrogens is 276 g/mol. The smallest absolute Gasteiger partial charge is 0.344 e. The zero-order valence-corrected chi connectivity index (χ0v) is 10.6. The normalized spacial score (nSPS) is 9.90. The Morgan fingerprint density at radius 2 is 1.48 bits per heavy atom. The highest BCUT2D eigenvalue weighted by Crippen LogP contribution is 2.17. The first-order valence-corrected chi connectivity index (χ1v) is 5.87. The highest BCUT2D eigenvalue weighted by Gasteiger charge is 2.20. The summed E-state index contributed by atoms with van der Waals surface area (Å²) in [5, 5.41) is 18.0. The molecule has 2 rings (SSSR count). The van der Waals surface area contributed by atoms with Gasteiger partial charge in [0.05, 0.1) is 16.7 Å². The summed E-state index contributed by atoms with van der Waals surface area (Å²) < 4.78 is 5.03. The van der Waals surface area contributed by atoms with Crippen molar-refractivity contribution in [3.8, 4) is 5.75 Å². The Balaban J connectivity index is 2.40. The van der Waals surface area contributed by atoms with E-state index >= 15 is 0 Å². The molecule has 0 spiro atoms. The molecule has 6 nitrogen and oxygen atoms in total. The molecule has 0 fully saturated rings. The Morgan fingerprint density at radius 1 is 0.810 bits per heavy atom. The first kappa shape index (κ1) is 14.3. The molecule has 0 bridgehead atoms. The Kier molecular flexibility index (Phi) is 3.99. The Labute approximate surface area is 119 Å². The van der Waals surface area contributed by atoms with Gasteiger partial charge in [0.15, 0.2) is 0 Å². The Morgan fingerprint density at radius 3 is 2.05 bits per heavy atom. The average Bonchev–Trinajstić information content (AvgIpc) is 2.47. The van der Waals surface area contributed by atoms with Gasteiger partial charge in [-0.15, -0.1) is 0 Å². The minimum atomic E-state index is -1.34. The molecule has 0 aromatic heterocycles. The fourth-order valence-electron chi connectivity index (χ4n) is 1.68. The van der Waals surface area contributed by atoms with Crippen LogP contribution in [0, 0.1) is 0 Å². The van der Waals surface area contributed by atoms with Crippen molar-refractivity contribution in [1.29, 1.82) is 0 Å². The quantitative estimate of drug-likeness (QED) is 0.660. The molecule has 2 aromatic rings. The predicted molar refractivity (Wildman–Crippen MR) is 71.8 cm³/mol. The largest absolute Gasteiger partial charge is 0.478 e. The maximum absolute atomic E-state index is 12.0. The SMILES string of the molecule is O=C(O)c1ccc(C(=O)O)c(C(=O)Oc2ccccc2)c1. The van der Waals surface area contributed by atoms with Crippen LogP contribution in [-0.4, -0.2) is 28.1 Å². The lowest BCUT2D eigenvalue weighted by molar-refractivity contribution is 0.0663. The van der Waals surface area contributed by atoms with Crippen LogP contribution in [-0.2, 0) is 0 Å². The van der Waals surface area contributed by atoms with Crippen LogP contribution in [0.25, 0.3) is 0 Å². The van der Waals surface area contributed by atoms with Gasteiger partial charge in [-0.25, -0.2) is 14.4 Å². The zero-order chi connectivity index (χ0) is 15.4. The molecule has 0 radical (unpaired) electrons. The van der Waals surface area contributed by atoms with Crippen LogP contribution in [0.5, 0.6) is 5.75 Å². The van der Waals surface area contributed by atoms with Crippen LogP contribution in [0.15, 0.2) is 48.5 Å². The van der Waals surface area contributed by atoms with Crippen molar-refractivity contribution in [1.82, 2.24) is 0 Å². The molecule has 2 N–H and O–H groups in total. The summed E-state index contributed by atoms with van der Waals surface area (Å²) in [5.74, 6) is -3.30. The van der Waals surface area contributed by atoms with Crippen LogP contribution in [0.4, 0.5) is 0 Å². The number of ether oxygens (including phenoxy) is 1. The van der Waals surface area contributed by atoms with Gasteiger partial charge in [0.2, 0.25) is 0 Å². The van der Waals surface area contributed by atoms with Crippen LogP contribution >= 0.6 is 0 Å². The monoisotopic (exact) mass is 286 g/mol. The van der Waals surface area contributed by atoms with Crippen molar-refractivity contribution in [2.45, 2.75) is 0 Å². The van der Waals surface area contributed by atoms with E-state index in [0.717, 1.165) is 18.2 Å². The first-order valence-electron chi connectivity index (χ1n) is 5.87. The van der Waals surface area contributed by atoms with Crippen LogP contribution in [0.1, 0.15) is 31.1 Å². The molecule has 0 atom stereocenters. The van der Waals surface area contributed by atoms with E-state index in [1.807, 2.05) is 0 Å². The molecule has 0 unspecified atom stereocenters. The summed E-state index contributed by atoms with van der Waals surface area (Å²) >= 11 is 0. The number of aromatic carboxylic acids is 2. The lowest BCUT2D eigenvalue weighted by atomic mass is 10.0. The topological polar surface area (TPSA) is 101 Å². The highest BCUT2D eigenvalue weighted by atomic mass is 16.5. The van der Waals surface area contributed by atoms with Crippen molar-refractivity contribution >= 4 is 17.9 Å².